The maximum Gasteiger partial charge on any atom is 0.268 e. The monoisotopic (exact) mass is 301 g/mol. The Morgan fingerprint density at radius 1 is 1.32 bits per heavy atom. The molecular formula is C17H23N3O2. The minimum Gasteiger partial charge on any atom is -0.377 e. The van der Waals surface area contributed by atoms with Crippen molar-refractivity contribution in [1.29, 1.82) is 0 Å². The maximum absolute atomic E-state index is 12.1. The second-order valence-corrected chi connectivity index (χ2v) is 6.19. The molecule has 3 rings (SSSR count). The van der Waals surface area contributed by atoms with Crippen molar-refractivity contribution in [2.24, 2.45) is 0 Å². The van der Waals surface area contributed by atoms with Gasteiger partial charge in [0.05, 0.1) is 24.8 Å². The SMILES string of the molecule is Cc1ccc(C2C=C3C(=O)NCC(COC(C)C)N3N2)cc1. The van der Waals surface area contributed by atoms with Crippen molar-refractivity contribution in [1.82, 2.24) is 15.8 Å². The Bertz CT molecular complexity index is 580. The largest absolute Gasteiger partial charge is 0.377 e. The molecule has 0 spiro atoms. The van der Waals surface area contributed by atoms with Gasteiger partial charge in [0.25, 0.3) is 5.91 Å². The highest BCUT2D eigenvalue weighted by molar-refractivity contribution is 5.94. The topological polar surface area (TPSA) is 53.6 Å². The van der Waals surface area contributed by atoms with Gasteiger partial charge >= 0.3 is 0 Å². The lowest BCUT2D eigenvalue weighted by molar-refractivity contribution is -0.122. The Labute approximate surface area is 131 Å². The predicted octanol–water partition coefficient (Wildman–Crippen LogP) is 1.66. The number of nitrogens with zero attached hydrogens (tertiary/aromatic N) is 1. The zero-order valence-electron chi connectivity index (χ0n) is 13.3. The van der Waals surface area contributed by atoms with Crippen LogP contribution >= 0.6 is 0 Å². The molecule has 22 heavy (non-hydrogen) atoms. The summed E-state index contributed by atoms with van der Waals surface area (Å²) in [5.41, 5.74) is 6.51. The zero-order valence-corrected chi connectivity index (χ0v) is 13.3. The number of nitrogens with one attached hydrogen (secondary N) is 2. The molecule has 5 nitrogen and oxygen atoms in total. The van der Waals surface area contributed by atoms with Crippen LogP contribution in [-0.2, 0) is 9.53 Å². The Hall–Kier alpha value is -1.85. The molecule has 2 heterocycles. The number of amides is 1. The molecule has 0 bridgehead atoms. The van der Waals surface area contributed by atoms with Gasteiger partial charge in [0.15, 0.2) is 0 Å². The van der Waals surface area contributed by atoms with Gasteiger partial charge in [0.1, 0.15) is 5.70 Å². The first-order valence-electron chi connectivity index (χ1n) is 7.78. The van der Waals surface area contributed by atoms with Gasteiger partial charge < -0.3 is 10.1 Å². The van der Waals surface area contributed by atoms with E-state index in [1.807, 2.05) is 24.9 Å². The minimum atomic E-state index is -0.0251. The second kappa shape index (κ2) is 6.10. The van der Waals surface area contributed by atoms with Gasteiger partial charge in [-0.3, -0.25) is 9.80 Å². The highest BCUT2D eigenvalue weighted by atomic mass is 16.5. The van der Waals surface area contributed by atoms with Gasteiger partial charge in [0, 0.05) is 6.54 Å². The first-order valence-corrected chi connectivity index (χ1v) is 7.78. The number of hydrogen-bond acceptors (Lipinski definition) is 4. The van der Waals surface area contributed by atoms with E-state index in [-0.39, 0.29) is 24.1 Å². The fraction of sp³-hybridized carbons (Fsp3) is 0.471. The molecular weight excluding hydrogens is 278 g/mol. The number of carbonyl (C=O) groups is 1. The summed E-state index contributed by atoms with van der Waals surface area (Å²) in [7, 11) is 0. The van der Waals surface area contributed by atoms with Crippen LogP contribution < -0.4 is 10.7 Å². The van der Waals surface area contributed by atoms with Crippen molar-refractivity contribution in [3.05, 3.63) is 47.2 Å². The lowest BCUT2D eigenvalue weighted by atomic mass is 10.1. The summed E-state index contributed by atoms with van der Waals surface area (Å²) in [5, 5.41) is 4.90. The Balaban J connectivity index is 1.77. The normalized spacial score (nSPS) is 24.3. The van der Waals surface area contributed by atoms with Crippen LogP contribution in [0.1, 0.15) is 31.0 Å². The van der Waals surface area contributed by atoms with E-state index in [0.29, 0.717) is 18.8 Å². The van der Waals surface area contributed by atoms with E-state index in [0.717, 1.165) is 5.56 Å². The van der Waals surface area contributed by atoms with E-state index in [2.05, 4.69) is 41.9 Å². The van der Waals surface area contributed by atoms with Crippen LogP contribution in [0.3, 0.4) is 0 Å². The molecule has 118 valence electrons. The number of rotatable bonds is 4. The summed E-state index contributed by atoms with van der Waals surface area (Å²) < 4.78 is 5.72. The Kier molecular flexibility index (Phi) is 4.18. The highest BCUT2D eigenvalue weighted by Gasteiger charge is 2.37. The molecule has 2 atom stereocenters. The summed E-state index contributed by atoms with van der Waals surface area (Å²) in [5.74, 6) is -0.0251. The van der Waals surface area contributed by atoms with Crippen LogP contribution in [0.5, 0.6) is 0 Å². The molecule has 5 heteroatoms. The molecule has 0 radical (unpaired) electrons. The average molecular weight is 301 g/mol. The van der Waals surface area contributed by atoms with E-state index in [1.165, 1.54) is 5.56 Å². The van der Waals surface area contributed by atoms with Crippen molar-refractivity contribution >= 4 is 5.91 Å². The minimum absolute atomic E-state index is 0.0251. The van der Waals surface area contributed by atoms with Crippen LogP contribution in [-0.4, -0.2) is 36.2 Å². The zero-order chi connectivity index (χ0) is 15.7. The van der Waals surface area contributed by atoms with Crippen LogP contribution in [0.15, 0.2) is 36.0 Å². The standard InChI is InChI=1S/C17H23N3O2/c1-11(2)22-10-14-9-18-17(21)16-8-15(19-20(14)16)13-6-4-12(3)5-7-13/h4-8,11,14-15,19H,9-10H2,1-3H3,(H,18,21). The first-order chi connectivity index (χ1) is 10.5. The molecule has 1 fully saturated rings. The van der Waals surface area contributed by atoms with Gasteiger partial charge in [-0.15, -0.1) is 0 Å². The third kappa shape index (κ3) is 3.00. The summed E-state index contributed by atoms with van der Waals surface area (Å²) in [6, 6.07) is 8.52. The van der Waals surface area contributed by atoms with E-state index >= 15 is 0 Å². The molecule has 2 aliphatic rings. The van der Waals surface area contributed by atoms with Gasteiger partial charge in [-0.2, -0.15) is 0 Å². The van der Waals surface area contributed by atoms with Gasteiger partial charge in [-0.05, 0) is 32.4 Å². The maximum atomic E-state index is 12.1. The van der Waals surface area contributed by atoms with Gasteiger partial charge in [0.2, 0.25) is 0 Å². The van der Waals surface area contributed by atoms with E-state index in [1.54, 1.807) is 0 Å². The summed E-state index contributed by atoms with van der Waals surface area (Å²) in [6.07, 6.45) is 2.17. The molecule has 0 aromatic heterocycles. The molecule has 1 saturated heterocycles. The molecule has 1 amide bonds. The van der Waals surface area contributed by atoms with Crippen molar-refractivity contribution in [3.8, 4) is 0 Å². The van der Waals surface area contributed by atoms with Gasteiger partial charge in [-0.25, -0.2) is 5.43 Å². The smallest absolute Gasteiger partial charge is 0.268 e. The van der Waals surface area contributed by atoms with E-state index in [9.17, 15) is 4.79 Å². The number of piperazine rings is 1. The Morgan fingerprint density at radius 2 is 2.05 bits per heavy atom. The number of benzene rings is 1. The number of hydrogen-bond donors (Lipinski definition) is 2. The fourth-order valence-corrected chi connectivity index (χ4v) is 2.76. The average Bonchev–Trinajstić information content (AvgIpc) is 2.93. The number of carbonyl (C=O) groups excluding carboxylic acids is 1. The van der Waals surface area contributed by atoms with Crippen molar-refractivity contribution in [2.75, 3.05) is 13.2 Å². The summed E-state index contributed by atoms with van der Waals surface area (Å²) in [4.78, 5) is 12.1. The van der Waals surface area contributed by atoms with Crippen molar-refractivity contribution in [3.63, 3.8) is 0 Å². The number of aryl methyl sites for hydroxylation is 1. The Morgan fingerprint density at radius 3 is 2.73 bits per heavy atom. The number of ether oxygens (including phenoxy) is 1. The lowest BCUT2D eigenvalue weighted by Crippen LogP contribution is -2.57. The number of hydrazine groups is 1. The van der Waals surface area contributed by atoms with Gasteiger partial charge in [-0.1, -0.05) is 29.8 Å². The molecule has 2 unspecified atom stereocenters. The molecule has 2 N–H and O–H groups in total. The molecule has 0 aliphatic carbocycles. The van der Waals surface area contributed by atoms with E-state index < -0.39 is 0 Å². The highest BCUT2D eigenvalue weighted by Crippen LogP contribution is 2.28. The second-order valence-electron chi connectivity index (χ2n) is 6.19. The lowest BCUT2D eigenvalue weighted by Gasteiger charge is -2.36. The van der Waals surface area contributed by atoms with Crippen LogP contribution in [0.25, 0.3) is 0 Å². The van der Waals surface area contributed by atoms with Crippen LogP contribution in [0.4, 0.5) is 0 Å². The van der Waals surface area contributed by atoms with E-state index in [4.69, 9.17) is 4.74 Å². The van der Waals surface area contributed by atoms with Crippen molar-refractivity contribution in [2.45, 2.75) is 39.0 Å². The number of fused-ring (bicyclic) bond motifs is 1. The third-order valence-corrected chi connectivity index (χ3v) is 4.02. The summed E-state index contributed by atoms with van der Waals surface area (Å²) in [6.45, 7) is 7.29. The molecule has 1 aromatic rings. The van der Waals surface area contributed by atoms with Crippen LogP contribution in [0, 0.1) is 6.92 Å². The predicted molar refractivity (Wildman–Crippen MR) is 84.9 cm³/mol. The third-order valence-electron chi connectivity index (χ3n) is 4.02. The van der Waals surface area contributed by atoms with Crippen LogP contribution in [0.2, 0.25) is 0 Å². The quantitative estimate of drug-likeness (QED) is 0.888. The van der Waals surface area contributed by atoms with Crippen molar-refractivity contribution < 1.29 is 9.53 Å². The molecule has 0 saturated carbocycles. The summed E-state index contributed by atoms with van der Waals surface area (Å²) >= 11 is 0. The first kappa shape index (κ1) is 15.1. The molecule has 1 aromatic carbocycles. The fourth-order valence-electron chi connectivity index (χ4n) is 2.76. The molecule has 2 aliphatic heterocycles.